The summed E-state index contributed by atoms with van der Waals surface area (Å²) < 4.78 is 0. The third kappa shape index (κ3) is 4.05. The van der Waals surface area contributed by atoms with Crippen LogP contribution in [0.15, 0.2) is 30.3 Å². The van der Waals surface area contributed by atoms with E-state index in [4.69, 9.17) is 23.2 Å². The molecule has 4 heterocycles. The number of nitrogens with zero attached hydrogens (tertiary/aromatic N) is 3. The molecule has 0 bridgehead atoms. The molecule has 0 radical (unpaired) electrons. The van der Waals surface area contributed by atoms with E-state index in [1.54, 1.807) is 0 Å². The van der Waals surface area contributed by atoms with Gasteiger partial charge in [-0.2, -0.15) is 0 Å². The maximum Gasteiger partial charge on any atom is 0.126 e. The average molecular weight is 458 g/mol. The minimum absolute atomic E-state index is 0.365. The molecule has 31 heavy (non-hydrogen) atoms. The largest absolute Gasteiger partial charge is 0.369 e. The number of nitrogens with one attached hydrogen (secondary N) is 2. The number of benzene rings is 1. The predicted octanol–water partition coefficient (Wildman–Crippen LogP) is 5.28. The van der Waals surface area contributed by atoms with Crippen LogP contribution >= 0.6 is 23.2 Å². The van der Waals surface area contributed by atoms with Crippen LogP contribution in [0.1, 0.15) is 35.8 Å². The smallest absolute Gasteiger partial charge is 0.126 e. The van der Waals surface area contributed by atoms with Crippen LogP contribution in [0.4, 0.5) is 5.82 Å². The minimum atomic E-state index is 0.365. The molecule has 5 rings (SSSR count). The molecule has 2 unspecified atom stereocenters. The van der Waals surface area contributed by atoms with Crippen molar-refractivity contribution in [2.75, 3.05) is 38.5 Å². The molecule has 2 aliphatic heterocycles. The van der Waals surface area contributed by atoms with Crippen molar-refractivity contribution in [1.82, 2.24) is 19.8 Å². The number of aryl methyl sites for hydroxylation is 1. The minimum Gasteiger partial charge on any atom is -0.369 e. The van der Waals surface area contributed by atoms with E-state index < -0.39 is 0 Å². The third-order valence-corrected chi connectivity index (χ3v) is 7.54. The first kappa shape index (κ1) is 21.1. The van der Waals surface area contributed by atoms with E-state index >= 15 is 0 Å². The summed E-state index contributed by atoms with van der Waals surface area (Å²) in [6, 6.07) is 11.0. The summed E-state index contributed by atoms with van der Waals surface area (Å²) in [6.07, 6.45) is 3.54. The molecule has 2 aromatic heterocycles. The fraction of sp³-hybridized carbons (Fsp3) is 0.458. The van der Waals surface area contributed by atoms with Crippen LogP contribution in [0.2, 0.25) is 10.0 Å². The number of H-pyrrole nitrogens is 1. The van der Waals surface area contributed by atoms with Gasteiger partial charge in [-0.05, 0) is 75.7 Å². The normalized spacial score (nSPS) is 22.2. The fourth-order valence-electron chi connectivity index (χ4n) is 5.33. The lowest BCUT2D eigenvalue weighted by Gasteiger charge is -2.41. The van der Waals surface area contributed by atoms with Crippen molar-refractivity contribution in [2.45, 2.75) is 38.3 Å². The molecule has 2 N–H and O–H groups in total. The summed E-state index contributed by atoms with van der Waals surface area (Å²) in [4.78, 5) is 13.5. The van der Waals surface area contributed by atoms with Gasteiger partial charge in [-0.25, -0.2) is 4.98 Å². The summed E-state index contributed by atoms with van der Waals surface area (Å²) in [5, 5.41) is 6.28. The number of likely N-dealkylation sites (tertiary alicyclic amines) is 1. The van der Waals surface area contributed by atoms with Crippen molar-refractivity contribution < 1.29 is 0 Å². The molecular weight excluding hydrogens is 429 g/mol. The molecular formula is C24H29Cl2N5. The van der Waals surface area contributed by atoms with Gasteiger partial charge in [-0.15, -0.1) is 0 Å². The second-order valence-electron chi connectivity index (χ2n) is 8.82. The molecule has 0 aliphatic carbocycles. The van der Waals surface area contributed by atoms with Gasteiger partial charge in [0.2, 0.25) is 0 Å². The fourth-order valence-corrected chi connectivity index (χ4v) is 5.61. The van der Waals surface area contributed by atoms with Crippen LogP contribution in [0.5, 0.6) is 0 Å². The first-order valence-corrected chi connectivity index (χ1v) is 11.9. The molecule has 2 atom stereocenters. The summed E-state index contributed by atoms with van der Waals surface area (Å²) >= 11 is 12.4. The van der Waals surface area contributed by atoms with E-state index in [1.165, 1.54) is 41.5 Å². The third-order valence-electron chi connectivity index (χ3n) is 6.91. The van der Waals surface area contributed by atoms with Crippen LogP contribution < -0.4 is 5.32 Å². The van der Waals surface area contributed by atoms with E-state index in [0.29, 0.717) is 17.1 Å². The molecule has 2 aliphatic rings. The molecule has 3 aromatic rings. The van der Waals surface area contributed by atoms with Crippen LogP contribution in [0, 0.1) is 6.92 Å². The van der Waals surface area contributed by atoms with Gasteiger partial charge in [0.05, 0.1) is 16.8 Å². The Bertz CT molecular complexity index is 1100. The van der Waals surface area contributed by atoms with Gasteiger partial charge >= 0.3 is 0 Å². The molecule has 0 saturated carbocycles. The summed E-state index contributed by atoms with van der Waals surface area (Å²) in [6.45, 7) is 5.98. The van der Waals surface area contributed by atoms with Crippen molar-refractivity contribution in [3.05, 3.63) is 57.3 Å². The molecule has 7 heteroatoms. The molecule has 0 amide bonds. The zero-order valence-electron chi connectivity index (χ0n) is 18.1. The number of aromatic amines is 1. The number of likely N-dealkylation sites (N-methyl/N-ethyl adjacent to an activating group) is 1. The van der Waals surface area contributed by atoms with Crippen LogP contribution in [-0.2, 0) is 6.42 Å². The van der Waals surface area contributed by atoms with Crippen LogP contribution in [0.3, 0.4) is 0 Å². The van der Waals surface area contributed by atoms with E-state index in [0.717, 1.165) is 42.6 Å². The van der Waals surface area contributed by atoms with Gasteiger partial charge in [-0.1, -0.05) is 23.2 Å². The number of hydrogen-bond acceptors (Lipinski definition) is 4. The van der Waals surface area contributed by atoms with E-state index in [-0.39, 0.29) is 0 Å². The summed E-state index contributed by atoms with van der Waals surface area (Å²) in [5.41, 5.74) is 4.88. The molecule has 0 spiro atoms. The van der Waals surface area contributed by atoms with E-state index in [1.807, 2.05) is 25.1 Å². The van der Waals surface area contributed by atoms with Crippen molar-refractivity contribution >= 4 is 39.9 Å². The van der Waals surface area contributed by atoms with Crippen molar-refractivity contribution in [2.24, 2.45) is 0 Å². The zero-order chi connectivity index (χ0) is 21.5. The van der Waals surface area contributed by atoms with Gasteiger partial charge in [-0.3, -0.25) is 4.90 Å². The average Bonchev–Trinajstić information content (AvgIpc) is 3.33. The van der Waals surface area contributed by atoms with E-state index in [2.05, 4.69) is 44.3 Å². The standard InChI is InChI=1S/C24H29Cl2N5/c1-15-19(26)6-8-22(28-15)27-10-13-31-12-9-17-18-14-16(25)5-7-20(18)29-23(17)24(31)21-4-3-11-30(21)2/h5-8,14,21,24,29H,3-4,9-13H2,1-2H3,(H,27,28). The van der Waals surface area contributed by atoms with Gasteiger partial charge in [0.1, 0.15) is 5.82 Å². The summed E-state index contributed by atoms with van der Waals surface area (Å²) in [5.74, 6) is 0.884. The highest BCUT2D eigenvalue weighted by molar-refractivity contribution is 6.31. The predicted molar refractivity (Wildman–Crippen MR) is 129 cm³/mol. The Labute approximate surface area is 193 Å². The lowest BCUT2D eigenvalue weighted by Crippen LogP contribution is -2.47. The first-order chi connectivity index (χ1) is 15.0. The van der Waals surface area contributed by atoms with Gasteiger partial charge in [0, 0.05) is 47.3 Å². The van der Waals surface area contributed by atoms with Crippen LogP contribution in [-0.4, -0.2) is 59.0 Å². The molecule has 5 nitrogen and oxygen atoms in total. The number of pyridine rings is 1. The van der Waals surface area contributed by atoms with E-state index in [9.17, 15) is 0 Å². The Morgan fingerprint density at radius 3 is 2.84 bits per heavy atom. The number of fused-ring (bicyclic) bond motifs is 3. The van der Waals surface area contributed by atoms with Gasteiger partial charge in [0.25, 0.3) is 0 Å². The lowest BCUT2D eigenvalue weighted by atomic mass is 9.91. The van der Waals surface area contributed by atoms with Crippen molar-refractivity contribution in [3.63, 3.8) is 0 Å². The Morgan fingerprint density at radius 2 is 2.06 bits per heavy atom. The second-order valence-corrected chi connectivity index (χ2v) is 9.66. The first-order valence-electron chi connectivity index (χ1n) is 11.1. The lowest BCUT2D eigenvalue weighted by molar-refractivity contribution is 0.108. The van der Waals surface area contributed by atoms with Gasteiger partial charge < -0.3 is 15.2 Å². The number of anilines is 1. The summed E-state index contributed by atoms with van der Waals surface area (Å²) in [7, 11) is 2.27. The maximum atomic E-state index is 6.33. The molecule has 164 valence electrons. The Kier molecular flexibility index (Phi) is 5.86. The monoisotopic (exact) mass is 457 g/mol. The SMILES string of the molecule is Cc1nc(NCCN2CCc3c([nH]c4ccc(Cl)cc34)C2C2CCCN2C)ccc1Cl. The zero-order valence-corrected chi connectivity index (χ0v) is 19.6. The van der Waals surface area contributed by atoms with Crippen molar-refractivity contribution in [1.29, 1.82) is 0 Å². The number of rotatable bonds is 5. The van der Waals surface area contributed by atoms with Crippen molar-refractivity contribution in [3.8, 4) is 0 Å². The number of hydrogen-bond donors (Lipinski definition) is 2. The maximum absolute atomic E-state index is 6.33. The molecule has 1 aromatic carbocycles. The topological polar surface area (TPSA) is 47.2 Å². The molecule has 1 fully saturated rings. The van der Waals surface area contributed by atoms with Gasteiger partial charge in [0.15, 0.2) is 0 Å². The Hall–Kier alpha value is -1.79. The second kappa shape index (κ2) is 8.62. The number of aromatic nitrogens is 2. The highest BCUT2D eigenvalue weighted by Crippen LogP contribution is 2.40. The Balaban J connectivity index is 1.40. The quantitative estimate of drug-likeness (QED) is 0.546. The highest BCUT2D eigenvalue weighted by atomic mass is 35.5. The van der Waals surface area contributed by atoms with Crippen LogP contribution in [0.25, 0.3) is 10.9 Å². The Morgan fingerprint density at radius 1 is 1.19 bits per heavy atom. The highest BCUT2D eigenvalue weighted by Gasteiger charge is 2.39. The molecule has 1 saturated heterocycles. The number of halogens is 2.